The van der Waals surface area contributed by atoms with Crippen LogP contribution in [0.1, 0.15) is 11.4 Å². The normalized spacial score (nSPS) is 10.2. The Hall–Kier alpha value is -2.35. The molecule has 0 unspecified atom stereocenters. The van der Waals surface area contributed by atoms with Crippen molar-refractivity contribution in [3.8, 4) is 11.5 Å². The fraction of sp³-hybridized carbons (Fsp3) is 0.167. The molecule has 2 rings (SSSR count). The van der Waals surface area contributed by atoms with Gasteiger partial charge in [0.15, 0.2) is 17.0 Å². The molecule has 1 aromatic carbocycles. The fourth-order valence-corrected chi connectivity index (χ4v) is 2.04. The summed E-state index contributed by atoms with van der Waals surface area (Å²) in [6.45, 7) is 1.99. The number of nitrogens with zero attached hydrogens (tertiary/aromatic N) is 3. The summed E-state index contributed by atoms with van der Waals surface area (Å²) in [5.41, 5.74) is 12.3. The summed E-state index contributed by atoms with van der Waals surface area (Å²) in [4.78, 5) is 7.87. The minimum Gasteiger partial charge on any atom is -0.370 e. The van der Waals surface area contributed by atoms with E-state index in [4.69, 9.17) is 21.4 Å². The van der Waals surface area contributed by atoms with Gasteiger partial charge >= 0.3 is 0 Å². The minimum absolute atomic E-state index is 0.00639. The van der Waals surface area contributed by atoms with Crippen LogP contribution in [-0.4, -0.2) is 21.3 Å². The molecule has 0 saturated carbocycles. The van der Waals surface area contributed by atoms with Gasteiger partial charge in [0, 0.05) is 5.56 Å². The van der Waals surface area contributed by atoms with Crippen LogP contribution in [0.15, 0.2) is 33.8 Å². The SMILES string of the molecule is Cc1cccc(-c2nc(CSC(=N)N=C(N)N)no2)c1. The lowest BCUT2D eigenvalue weighted by Crippen LogP contribution is -2.23. The van der Waals surface area contributed by atoms with E-state index in [0.29, 0.717) is 17.5 Å². The third kappa shape index (κ3) is 3.82. The van der Waals surface area contributed by atoms with Gasteiger partial charge in [0.25, 0.3) is 5.89 Å². The zero-order chi connectivity index (χ0) is 14.5. The number of hydrogen-bond acceptors (Lipinski definition) is 5. The number of aromatic nitrogens is 2. The van der Waals surface area contributed by atoms with Crippen LogP contribution in [0.2, 0.25) is 0 Å². The van der Waals surface area contributed by atoms with E-state index in [2.05, 4.69) is 15.1 Å². The number of amidine groups is 1. The highest BCUT2D eigenvalue weighted by molar-refractivity contribution is 8.13. The Morgan fingerprint density at radius 3 is 2.95 bits per heavy atom. The lowest BCUT2D eigenvalue weighted by molar-refractivity contribution is 0.425. The molecule has 0 aliphatic carbocycles. The molecule has 0 bridgehead atoms. The smallest absolute Gasteiger partial charge is 0.257 e. The molecule has 0 aliphatic heterocycles. The van der Waals surface area contributed by atoms with Crippen LogP contribution in [0, 0.1) is 12.3 Å². The lowest BCUT2D eigenvalue weighted by atomic mass is 10.1. The van der Waals surface area contributed by atoms with Gasteiger partial charge in [-0.15, -0.1) is 0 Å². The highest BCUT2D eigenvalue weighted by Crippen LogP contribution is 2.20. The summed E-state index contributed by atoms with van der Waals surface area (Å²) >= 11 is 1.12. The van der Waals surface area contributed by atoms with Gasteiger partial charge in [0.1, 0.15) is 0 Å². The molecule has 0 saturated heterocycles. The van der Waals surface area contributed by atoms with Gasteiger partial charge in [-0.2, -0.15) is 9.98 Å². The van der Waals surface area contributed by atoms with E-state index in [0.717, 1.165) is 22.9 Å². The van der Waals surface area contributed by atoms with E-state index in [1.165, 1.54) is 0 Å². The third-order valence-electron chi connectivity index (χ3n) is 2.30. The van der Waals surface area contributed by atoms with Crippen molar-refractivity contribution in [1.29, 1.82) is 5.41 Å². The minimum atomic E-state index is -0.143. The second-order valence-electron chi connectivity index (χ2n) is 4.02. The van der Waals surface area contributed by atoms with Crippen molar-refractivity contribution in [2.24, 2.45) is 16.5 Å². The van der Waals surface area contributed by atoms with E-state index in [-0.39, 0.29) is 11.1 Å². The fourth-order valence-electron chi connectivity index (χ4n) is 1.49. The Morgan fingerprint density at radius 1 is 1.45 bits per heavy atom. The Labute approximate surface area is 120 Å². The highest BCUT2D eigenvalue weighted by Gasteiger charge is 2.09. The molecule has 0 spiro atoms. The van der Waals surface area contributed by atoms with Crippen molar-refractivity contribution >= 4 is 22.9 Å². The number of guanidine groups is 1. The lowest BCUT2D eigenvalue weighted by Gasteiger charge is -1.95. The molecular weight excluding hydrogens is 276 g/mol. The van der Waals surface area contributed by atoms with Gasteiger partial charge in [-0.05, 0) is 19.1 Å². The average Bonchev–Trinajstić information content (AvgIpc) is 2.84. The predicted molar refractivity (Wildman–Crippen MR) is 79.3 cm³/mol. The number of thioether (sulfide) groups is 1. The van der Waals surface area contributed by atoms with Gasteiger partial charge in [0.05, 0.1) is 5.75 Å². The van der Waals surface area contributed by atoms with E-state index < -0.39 is 0 Å². The van der Waals surface area contributed by atoms with Crippen molar-refractivity contribution in [3.63, 3.8) is 0 Å². The maximum Gasteiger partial charge on any atom is 0.257 e. The highest BCUT2D eigenvalue weighted by atomic mass is 32.2. The van der Waals surface area contributed by atoms with E-state index in [9.17, 15) is 0 Å². The number of hydrogen-bond donors (Lipinski definition) is 3. The van der Waals surface area contributed by atoms with Crippen LogP contribution < -0.4 is 11.5 Å². The van der Waals surface area contributed by atoms with Crippen LogP contribution in [0.4, 0.5) is 0 Å². The molecule has 8 heteroatoms. The van der Waals surface area contributed by atoms with Crippen molar-refractivity contribution in [2.45, 2.75) is 12.7 Å². The summed E-state index contributed by atoms with van der Waals surface area (Å²) in [6, 6.07) is 7.79. The van der Waals surface area contributed by atoms with Gasteiger partial charge in [-0.3, -0.25) is 5.41 Å². The van der Waals surface area contributed by atoms with E-state index in [1.54, 1.807) is 0 Å². The summed E-state index contributed by atoms with van der Waals surface area (Å²) in [6.07, 6.45) is 0. The quantitative estimate of drug-likeness (QED) is 0.580. The third-order valence-corrected chi connectivity index (χ3v) is 3.07. The van der Waals surface area contributed by atoms with Gasteiger partial charge in [0.2, 0.25) is 0 Å². The maximum atomic E-state index is 7.50. The van der Waals surface area contributed by atoms with Crippen molar-refractivity contribution in [1.82, 2.24) is 10.1 Å². The first-order chi connectivity index (χ1) is 9.54. The molecule has 7 nitrogen and oxygen atoms in total. The summed E-state index contributed by atoms with van der Waals surface area (Å²) in [5.74, 6) is 1.17. The van der Waals surface area contributed by atoms with E-state index in [1.807, 2.05) is 31.2 Å². The topological polar surface area (TPSA) is 127 Å². The van der Waals surface area contributed by atoms with Crippen molar-refractivity contribution in [2.75, 3.05) is 0 Å². The second kappa shape index (κ2) is 6.20. The number of benzene rings is 1. The van der Waals surface area contributed by atoms with Crippen molar-refractivity contribution < 1.29 is 4.52 Å². The van der Waals surface area contributed by atoms with Crippen LogP contribution in [0.25, 0.3) is 11.5 Å². The first-order valence-electron chi connectivity index (χ1n) is 5.75. The molecule has 1 aromatic heterocycles. The standard InChI is InChI=1S/C12H14N6OS/c1-7-3-2-4-8(5-7)10-16-9(18-19-10)6-20-12(15)17-11(13)14/h2-5H,6H2,1H3,(H5,13,14,15,17). The number of aryl methyl sites for hydroxylation is 1. The second-order valence-corrected chi connectivity index (χ2v) is 4.98. The van der Waals surface area contributed by atoms with Crippen molar-refractivity contribution in [3.05, 3.63) is 35.7 Å². The molecule has 5 N–H and O–H groups in total. The summed E-state index contributed by atoms with van der Waals surface area (Å²) in [7, 11) is 0. The first-order valence-corrected chi connectivity index (χ1v) is 6.74. The predicted octanol–water partition coefficient (Wildman–Crippen LogP) is 1.49. The number of aliphatic imine (C=N–C) groups is 1. The molecule has 1 heterocycles. The Morgan fingerprint density at radius 2 is 2.25 bits per heavy atom. The summed E-state index contributed by atoms with van der Waals surface area (Å²) in [5, 5.41) is 11.4. The number of rotatable bonds is 3. The van der Waals surface area contributed by atoms with Crippen LogP contribution in [0.3, 0.4) is 0 Å². The molecule has 104 valence electrons. The zero-order valence-electron chi connectivity index (χ0n) is 10.8. The maximum absolute atomic E-state index is 7.50. The number of nitrogens with one attached hydrogen (secondary N) is 1. The molecular formula is C12H14N6OS. The van der Waals surface area contributed by atoms with Gasteiger partial charge in [-0.1, -0.05) is 34.6 Å². The summed E-state index contributed by atoms with van der Waals surface area (Å²) < 4.78 is 5.19. The van der Waals surface area contributed by atoms with Crippen LogP contribution >= 0.6 is 11.8 Å². The largest absolute Gasteiger partial charge is 0.370 e. The first kappa shape index (κ1) is 14.1. The Balaban J connectivity index is 2.03. The average molecular weight is 290 g/mol. The van der Waals surface area contributed by atoms with Crippen LogP contribution in [-0.2, 0) is 5.75 Å². The zero-order valence-corrected chi connectivity index (χ0v) is 11.6. The molecule has 20 heavy (non-hydrogen) atoms. The molecule has 0 aliphatic rings. The van der Waals surface area contributed by atoms with Gasteiger partial charge in [-0.25, -0.2) is 0 Å². The monoisotopic (exact) mass is 290 g/mol. The molecule has 0 atom stereocenters. The number of nitrogens with two attached hydrogens (primary N) is 2. The molecule has 0 radical (unpaired) electrons. The molecule has 2 aromatic rings. The van der Waals surface area contributed by atoms with Gasteiger partial charge < -0.3 is 16.0 Å². The molecule has 0 fully saturated rings. The Kier molecular flexibility index (Phi) is 4.36. The molecule has 0 amide bonds. The Bertz CT molecular complexity index is 647. The van der Waals surface area contributed by atoms with Crippen LogP contribution in [0.5, 0.6) is 0 Å². The van der Waals surface area contributed by atoms with E-state index >= 15 is 0 Å².